The summed E-state index contributed by atoms with van der Waals surface area (Å²) >= 11 is 0. The molecule has 180 valence electrons. The SMILES string of the molecule is C=CCN1CC[C@@]2(c3cccc(O)c3)C[C@H](N(C)C(=O)C=Cc3cccc(OC)c3)CC[C@@H]2C1. The summed E-state index contributed by atoms with van der Waals surface area (Å²) in [6.45, 7) is 6.85. The fourth-order valence-electron chi connectivity index (χ4n) is 5.89. The third-order valence-electron chi connectivity index (χ3n) is 7.80. The number of hydrogen-bond acceptors (Lipinski definition) is 4. The van der Waals surface area contributed by atoms with Crippen LogP contribution in [0, 0.1) is 5.92 Å². The molecule has 3 atom stereocenters. The van der Waals surface area contributed by atoms with Crippen molar-refractivity contribution in [2.75, 3.05) is 33.8 Å². The number of carbonyl (C=O) groups excluding carboxylic acids is 1. The van der Waals surface area contributed by atoms with Crippen LogP contribution in [0.3, 0.4) is 0 Å². The molecule has 1 aliphatic carbocycles. The molecule has 1 N–H and O–H groups in total. The van der Waals surface area contributed by atoms with Gasteiger partial charge in [-0.3, -0.25) is 9.69 Å². The highest BCUT2D eigenvalue weighted by atomic mass is 16.5. The van der Waals surface area contributed by atoms with Crippen LogP contribution in [0.25, 0.3) is 6.08 Å². The Morgan fingerprint density at radius 1 is 1.26 bits per heavy atom. The van der Waals surface area contributed by atoms with Crippen LogP contribution in [0.1, 0.15) is 36.8 Å². The van der Waals surface area contributed by atoms with Gasteiger partial charge in [0.1, 0.15) is 11.5 Å². The molecule has 0 spiro atoms. The van der Waals surface area contributed by atoms with Gasteiger partial charge in [0.25, 0.3) is 0 Å². The van der Waals surface area contributed by atoms with Gasteiger partial charge in [-0.05, 0) is 79.6 Å². The Balaban J connectivity index is 1.54. The minimum Gasteiger partial charge on any atom is -0.508 e. The van der Waals surface area contributed by atoms with Crippen LogP contribution in [0.4, 0.5) is 0 Å². The zero-order valence-corrected chi connectivity index (χ0v) is 20.3. The molecule has 0 radical (unpaired) electrons. The van der Waals surface area contributed by atoms with Gasteiger partial charge in [-0.25, -0.2) is 0 Å². The lowest BCUT2D eigenvalue weighted by Crippen LogP contribution is -2.56. The first-order valence-electron chi connectivity index (χ1n) is 12.2. The van der Waals surface area contributed by atoms with Gasteiger partial charge in [-0.2, -0.15) is 0 Å². The summed E-state index contributed by atoms with van der Waals surface area (Å²) < 4.78 is 5.28. The number of phenols is 1. The van der Waals surface area contributed by atoms with Gasteiger partial charge in [0, 0.05) is 37.7 Å². The van der Waals surface area contributed by atoms with Gasteiger partial charge in [0.15, 0.2) is 0 Å². The van der Waals surface area contributed by atoms with Crippen LogP contribution in [0.15, 0.2) is 67.3 Å². The van der Waals surface area contributed by atoms with Crippen molar-refractivity contribution < 1.29 is 14.6 Å². The number of nitrogens with zero attached hydrogens (tertiary/aromatic N) is 2. The quantitative estimate of drug-likeness (QED) is 0.473. The monoisotopic (exact) mass is 460 g/mol. The first kappa shape index (κ1) is 24.1. The molecule has 2 fully saturated rings. The summed E-state index contributed by atoms with van der Waals surface area (Å²) in [6.07, 6.45) is 9.48. The van der Waals surface area contributed by atoms with Gasteiger partial charge >= 0.3 is 0 Å². The van der Waals surface area contributed by atoms with Gasteiger partial charge in [0.2, 0.25) is 5.91 Å². The van der Waals surface area contributed by atoms with E-state index in [-0.39, 0.29) is 17.4 Å². The van der Waals surface area contributed by atoms with E-state index in [4.69, 9.17) is 4.74 Å². The molecule has 1 aliphatic heterocycles. The molecular weight excluding hydrogens is 424 g/mol. The van der Waals surface area contributed by atoms with E-state index in [9.17, 15) is 9.90 Å². The topological polar surface area (TPSA) is 53.0 Å². The molecule has 34 heavy (non-hydrogen) atoms. The van der Waals surface area contributed by atoms with Gasteiger partial charge in [-0.1, -0.05) is 30.3 Å². The molecule has 1 amide bonds. The Labute approximate surface area is 203 Å². The summed E-state index contributed by atoms with van der Waals surface area (Å²) in [5.41, 5.74) is 2.11. The summed E-state index contributed by atoms with van der Waals surface area (Å²) in [4.78, 5) is 17.5. The van der Waals surface area contributed by atoms with Crippen molar-refractivity contribution in [1.82, 2.24) is 9.80 Å². The molecule has 1 saturated carbocycles. The van der Waals surface area contributed by atoms with Crippen molar-refractivity contribution >= 4 is 12.0 Å². The minimum absolute atomic E-state index is 0.0152. The van der Waals surface area contributed by atoms with E-state index in [1.54, 1.807) is 19.3 Å². The molecule has 1 saturated heterocycles. The summed E-state index contributed by atoms with van der Waals surface area (Å²) in [5, 5.41) is 10.2. The van der Waals surface area contributed by atoms with Crippen molar-refractivity contribution in [3.8, 4) is 11.5 Å². The van der Waals surface area contributed by atoms with Crippen LogP contribution in [0.5, 0.6) is 11.5 Å². The molecule has 0 aromatic heterocycles. The number of benzene rings is 2. The number of piperidine rings is 1. The van der Waals surface area contributed by atoms with E-state index < -0.39 is 0 Å². The van der Waals surface area contributed by atoms with Crippen molar-refractivity contribution in [2.45, 2.75) is 37.1 Å². The van der Waals surface area contributed by atoms with Crippen molar-refractivity contribution in [2.24, 2.45) is 5.92 Å². The summed E-state index contributed by atoms with van der Waals surface area (Å²) in [5.74, 6) is 1.60. The minimum atomic E-state index is -0.0373. The first-order valence-corrected chi connectivity index (χ1v) is 12.2. The second-order valence-electron chi connectivity index (χ2n) is 9.70. The van der Waals surface area contributed by atoms with Crippen molar-refractivity contribution in [1.29, 1.82) is 0 Å². The smallest absolute Gasteiger partial charge is 0.246 e. The lowest BCUT2D eigenvalue weighted by molar-refractivity contribution is -0.128. The Hall–Kier alpha value is -3.05. The molecule has 5 heteroatoms. The van der Waals surface area contributed by atoms with E-state index in [1.165, 1.54) is 5.56 Å². The number of likely N-dealkylation sites (tertiary alicyclic amines) is 1. The standard InChI is InChI=1S/C29H36N2O3/c1-4-16-31-17-15-29(23-8-6-9-26(32)19-23)20-25(13-12-24(29)21-31)30(2)28(33)14-11-22-7-5-10-27(18-22)34-3/h4-11,14,18-19,24-25,32H,1,12-13,15-17,20-21H2,2-3H3/t24-,25-,29+/m1/s1. The summed E-state index contributed by atoms with van der Waals surface area (Å²) in [7, 11) is 3.56. The molecule has 0 unspecified atom stereocenters. The van der Waals surface area contributed by atoms with Gasteiger partial charge < -0.3 is 14.7 Å². The second-order valence-corrected chi connectivity index (χ2v) is 9.70. The lowest BCUT2D eigenvalue weighted by atomic mass is 9.57. The Morgan fingerprint density at radius 2 is 2.09 bits per heavy atom. The molecule has 0 bridgehead atoms. The highest BCUT2D eigenvalue weighted by molar-refractivity contribution is 5.91. The maximum Gasteiger partial charge on any atom is 0.246 e. The normalized spacial score (nSPS) is 25.0. The van der Waals surface area contributed by atoms with Crippen LogP contribution in [0.2, 0.25) is 0 Å². The number of rotatable bonds is 7. The average Bonchev–Trinajstić information content (AvgIpc) is 2.86. The number of methoxy groups -OCH3 is 1. The highest BCUT2D eigenvalue weighted by Crippen LogP contribution is 2.50. The van der Waals surface area contributed by atoms with E-state index in [0.29, 0.717) is 11.7 Å². The van der Waals surface area contributed by atoms with Crippen LogP contribution >= 0.6 is 0 Å². The van der Waals surface area contributed by atoms with E-state index in [1.807, 2.05) is 60.5 Å². The highest BCUT2D eigenvalue weighted by Gasteiger charge is 2.49. The first-order chi connectivity index (χ1) is 16.4. The van der Waals surface area contributed by atoms with E-state index in [2.05, 4.69) is 17.5 Å². The molecule has 4 rings (SSSR count). The van der Waals surface area contributed by atoms with Gasteiger partial charge in [-0.15, -0.1) is 6.58 Å². The molecule has 2 aromatic rings. The van der Waals surface area contributed by atoms with Crippen molar-refractivity contribution in [3.63, 3.8) is 0 Å². The zero-order chi connectivity index (χ0) is 24.1. The molecule has 2 aliphatic rings. The number of aromatic hydroxyl groups is 1. The fraction of sp³-hybridized carbons (Fsp3) is 0.414. The van der Waals surface area contributed by atoms with Crippen LogP contribution < -0.4 is 4.74 Å². The Bertz CT molecular complexity index is 1050. The van der Waals surface area contributed by atoms with Gasteiger partial charge in [0.05, 0.1) is 7.11 Å². The molecule has 1 heterocycles. The average molecular weight is 461 g/mol. The fourth-order valence-corrected chi connectivity index (χ4v) is 5.89. The number of hydrogen-bond donors (Lipinski definition) is 1. The maximum absolute atomic E-state index is 13.1. The number of amides is 1. The van der Waals surface area contributed by atoms with Crippen LogP contribution in [-0.4, -0.2) is 60.6 Å². The Morgan fingerprint density at radius 3 is 2.85 bits per heavy atom. The largest absolute Gasteiger partial charge is 0.508 e. The third-order valence-corrected chi connectivity index (χ3v) is 7.80. The molecule has 5 nitrogen and oxygen atoms in total. The number of fused-ring (bicyclic) bond motifs is 1. The van der Waals surface area contributed by atoms with Crippen molar-refractivity contribution in [3.05, 3.63) is 78.4 Å². The molecular formula is C29H36N2O3. The van der Waals surface area contributed by atoms with E-state index in [0.717, 1.165) is 56.6 Å². The maximum atomic E-state index is 13.1. The molecule has 2 aromatic carbocycles. The second kappa shape index (κ2) is 10.5. The predicted molar refractivity (Wildman–Crippen MR) is 137 cm³/mol. The zero-order valence-electron chi connectivity index (χ0n) is 20.3. The third kappa shape index (κ3) is 5.05. The van der Waals surface area contributed by atoms with Crippen LogP contribution in [-0.2, 0) is 10.2 Å². The number of ether oxygens (including phenoxy) is 1. The summed E-state index contributed by atoms with van der Waals surface area (Å²) in [6, 6.07) is 15.6. The number of phenolic OH excluding ortho intramolecular Hbond substituents is 1. The predicted octanol–water partition coefficient (Wildman–Crippen LogP) is 4.87. The lowest BCUT2D eigenvalue weighted by Gasteiger charge is -2.54. The number of likely N-dealkylation sites (N-methyl/N-ethyl adjacent to an activating group) is 1. The number of carbonyl (C=O) groups is 1. The Kier molecular flexibility index (Phi) is 7.42. The van der Waals surface area contributed by atoms with E-state index >= 15 is 0 Å².